The third kappa shape index (κ3) is 4.63. The van der Waals surface area contributed by atoms with Gasteiger partial charge < -0.3 is 19.5 Å². The van der Waals surface area contributed by atoms with Gasteiger partial charge in [0.2, 0.25) is 5.95 Å². The summed E-state index contributed by atoms with van der Waals surface area (Å²) in [5.41, 5.74) is 2.09. The maximum atomic E-state index is 13.8. The van der Waals surface area contributed by atoms with Crippen LogP contribution in [0.5, 0.6) is 11.5 Å². The molecule has 1 aromatic heterocycles. The molecule has 1 aromatic carbocycles. The van der Waals surface area contributed by atoms with E-state index in [0.29, 0.717) is 53.1 Å². The smallest absolute Gasteiger partial charge is 0.338 e. The minimum atomic E-state index is -0.491. The topological polar surface area (TPSA) is 87.5 Å². The number of carbonyl (C=O) groups excluding carboxylic acids is 1. The number of nitrogens with one attached hydrogen (secondary N) is 1. The van der Waals surface area contributed by atoms with Crippen LogP contribution in [0, 0.1) is 17.8 Å². The summed E-state index contributed by atoms with van der Waals surface area (Å²) in [5, 5.41) is 7.65. The van der Waals surface area contributed by atoms with E-state index in [1.165, 1.54) is 12.7 Å². The van der Waals surface area contributed by atoms with E-state index < -0.39 is 6.04 Å². The van der Waals surface area contributed by atoms with Crippen molar-refractivity contribution in [2.45, 2.75) is 66.0 Å². The number of aromatic nitrogens is 3. The lowest BCUT2D eigenvalue weighted by atomic mass is 9.75. The first kappa shape index (κ1) is 24.1. The molecule has 184 valence electrons. The number of carbonyl (C=O) groups is 1. The van der Waals surface area contributed by atoms with Crippen molar-refractivity contribution >= 4 is 11.9 Å². The number of anilines is 1. The normalized spacial score (nSPS) is 24.4. The Morgan fingerprint density at radius 3 is 2.76 bits per heavy atom. The molecule has 0 unspecified atom stereocenters. The van der Waals surface area contributed by atoms with Crippen LogP contribution >= 0.6 is 0 Å². The number of rotatable bonds is 7. The minimum Gasteiger partial charge on any atom is -0.493 e. The third-order valence-corrected chi connectivity index (χ3v) is 7.04. The van der Waals surface area contributed by atoms with Crippen LogP contribution in [0.4, 0.5) is 5.95 Å². The predicted octanol–water partition coefficient (Wildman–Crippen LogP) is 4.98. The second-order valence-corrected chi connectivity index (χ2v) is 9.71. The first-order chi connectivity index (χ1) is 16.3. The highest BCUT2D eigenvalue weighted by molar-refractivity contribution is 5.92. The molecule has 4 rings (SSSR count). The van der Waals surface area contributed by atoms with Crippen molar-refractivity contribution in [1.82, 2.24) is 14.8 Å². The summed E-state index contributed by atoms with van der Waals surface area (Å²) in [6.07, 6.45) is 4.55. The average Bonchev–Trinajstić information content (AvgIpc) is 3.26. The number of methoxy groups -OCH3 is 1. The van der Waals surface area contributed by atoms with Crippen LogP contribution in [0.25, 0.3) is 0 Å². The zero-order valence-electron chi connectivity index (χ0n) is 21.0. The fraction of sp³-hybridized carbons (Fsp3) is 0.577. The number of nitrogens with zero attached hydrogens (tertiary/aromatic N) is 3. The Hall–Kier alpha value is -3.03. The van der Waals surface area contributed by atoms with Crippen molar-refractivity contribution < 1.29 is 19.0 Å². The highest BCUT2D eigenvalue weighted by Gasteiger charge is 2.39. The Morgan fingerprint density at radius 1 is 1.26 bits per heavy atom. The molecule has 1 saturated carbocycles. The van der Waals surface area contributed by atoms with Crippen molar-refractivity contribution in [3.8, 4) is 11.5 Å². The molecule has 8 heteroatoms. The van der Waals surface area contributed by atoms with Crippen molar-refractivity contribution in [2.75, 3.05) is 19.0 Å². The molecule has 0 bridgehead atoms. The lowest BCUT2D eigenvalue weighted by Gasteiger charge is -2.37. The van der Waals surface area contributed by atoms with E-state index in [2.05, 4.69) is 36.2 Å². The van der Waals surface area contributed by atoms with Crippen LogP contribution in [0.15, 0.2) is 35.8 Å². The quantitative estimate of drug-likeness (QED) is 0.574. The van der Waals surface area contributed by atoms with Crippen molar-refractivity contribution in [3.63, 3.8) is 0 Å². The van der Waals surface area contributed by atoms with Gasteiger partial charge in [-0.15, -0.1) is 0 Å². The first-order valence-electron chi connectivity index (χ1n) is 12.2. The summed E-state index contributed by atoms with van der Waals surface area (Å²) in [6.45, 7) is 11.0. The molecule has 1 aliphatic heterocycles. The number of hydrogen-bond acceptors (Lipinski definition) is 7. The van der Waals surface area contributed by atoms with E-state index in [0.717, 1.165) is 18.4 Å². The lowest BCUT2D eigenvalue weighted by molar-refractivity contribution is -0.151. The summed E-state index contributed by atoms with van der Waals surface area (Å²) >= 11 is 0. The number of benzene rings is 1. The van der Waals surface area contributed by atoms with E-state index in [1.54, 1.807) is 11.8 Å². The van der Waals surface area contributed by atoms with Crippen LogP contribution in [-0.2, 0) is 9.53 Å². The molecule has 1 fully saturated rings. The maximum absolute atomic E-state index is 13.8. The van der Waals surface area contributed by atoms with Crippen LogP contribution < -0.4 is 14.8 Å². The standard InChI is InChI=1S/C26H36N4O4/c1-7-33-20-11-9-18(13-22(20)32-6)24-23(17(5)29-26-27-14-28-30(24)26)25(31)34-21-12-16(4)8-10-19(21)15(2)3/h9,11,13-16,19,21,24H,7-8,10,12H2,1-6H3,(H,27,28,29)/t16-,19-,21-,24-/m1/s1. The molecule has 8 nitrogen and oxygen atoms in total. The number of fused-ring (bicyclic) bond motifs is 1. The number of ether oxygens (including phenoxy) is 3. The van der Waals surface area contributed by atoms with E-state index in [9.17, 15) is 4.79 Å². The predicted molar refractivity (Wildman–Crippen MR) is 130 cm³/mol. The molecule has 34 heavy (non-hydrogen) atoms. The molecule has 0 radical (unpaired) electrons. The molecular weight excluding hydrogens is 432 g/mol. The van der Waals surface area contributed by atoms with Crippen LogP contribution in [-0.4, -0.2) is 40.6 Å². The largest absolute Gasteiger partial charge is 0.493 e. The van der Waals surface area contributed by atoms with E-state index in [1.807, 2.05) is 32.0 Å². The Bertz CT molecular complexity index is 1060. The van der Waals surface area contributed by atoms with Gasteiger partial charge in [-0.3, -0.25) is 0 Å². The van der Waals surface area contributed by atoms with Gasteiger partial charge in [0, 0.05) is 5.70 Å². The fourth-order valence-corrected chi connectivity index (χ4v) is 5.24. The maximum Gasteiger partial charge on any atom is 0.338 e. The zero-order valence-corrected chi connectivity index (χ0v) is 21.0. The summed E-state index contributed by atoms with van der Waals surface area (Å²) in [6, 6.07) is 5.21. The van der Waals surface area contributed by atoms with Gasteiger partial charge in [-0.1, -0.05) is 33.3 Å². The molecule has 4 atom stereocenters. The first-order valence-corrected chi connectivity index (χ1v) is 12.2. The van der Waals surface area contributed by atoms with Gasteiger partial charge >= 0.3 is 5.97 Å². The van der Waals surface area contributed by atoms with Gasteiger partial charge in [-0.05, 0) is 62.1 Å². The second kappa shape index (κ2) is 10.1. The summed E-state index contributed by atoms with van der Waals surface area (Å²) in [4.78, 5) is 18.1. The van der Waals surface area contributed by atoms with Crippen molar-refractivity contribution in [3.05, 3.63) is 41.4 Å². The highest BCUT2D eigenvalue weighted by atomic mass is 16.5. The molecule has 1 N–H and O–H groups in total. The van der Waals surface area contributed by atoms with E-state index in [4.69, 9.17) is 14.2 Å². The molecule has 2 aliphatic rings. The van der Waals surface area contributed by atoms with Gasteiger partial charge in [-0.2, -0.15) is 10.1 Å². The SMILES string of the molecule is CCOc1ccc([C@@H]2C(C(=O)O[C@@H]3C[C@H](C)CC[C@@H]3C(C)C)=C(C)Nc3ncnn32)cc1OC. The Labute approximate surface area is 201 Å². The summed E-state index contributed by atoms with van der Waals surface area (Å²) in [7, 11) is 1.61. The van der Waals surface area contributed by atoms with Gasteiger partial charge in [-0.25, -0.2) is 9.48 Å². The van der Waals surface area contributed by atoms with Gasteiger partial charge in [0.15, 0.2) is 11.5 Å². The van der Waals surface area contributed by atoms with E-state index in [-0.39, 0.29) is 12.1 Å². The molecule has 2 aromatic rings. The zero-order chi connectivity index (χ0) is 24.4. The van der Waals surface area contributed by atoms with E-state index >= 15 is 0 Å². The number of esters is 1. The third-order valence-electron chi connectivity index (χ3n) is 7.04. The lowest BCUT2D eigenvalue weighted by Crippen LogP contribution is -2.38. The summed E-state index contributed by atoms with van der Waals surface area (Å²) < 4.78 is 19.2. The molecule has 0 spiro atoms. The van der Waals surface area contributed by atoms with Gasteiger partial charge in [0.05, 0.1) is 19.3 Å². The summed E-state index contributed by atoms with van der Waals surface area (Å²) in [5.74, 6) is 2.89. The Kier molecular flexibility index (Phi) is 7.14. The molecule has 0 amide bonds. The van der Waals surface area contributed by atoms with Crippen LogP contribution in [0.3, 0.4) is 0 Å². The van der Waals surface area contributed by atoms with Crippen molar-refractivity contribution in [2.24, 2.45) is 17.8 Å². The van der Waals surface area contributed by atoms with Crippen LogP contribution in [0.2, 0.25) is 0 Å². The van der Waals surface area contributed by atoms with Crippen LogP contribution in [0.1, 0.15) is 65.5 Å². The average molecular weight is 469 g/mol. The Balaban J connectivity index is 1.71. The van der Waals surface area contributed by atoms with Gasteiger partial charge in [0.25, 0.3) is 0 Å². The minimum absolute atomic E-state index is 0.0933. The van der Waals surface area contributed by atoms with Crippen molar-refractivity contribution in [1.29, 1.82) is 0 Å². The number of allylic oxidation sites excluding steroid dienone is 1. The fourth-order valence-electron chi connectivity index (χ4n) is 5.24. The molecule has 0 saturated heterocycles. The number of hydrogen-bond donors (Lipinski definition) is 1. The highest BCUT2D eigenvalue weighted by Crippen LogP contribution is 2.41. The molecular formula is C26H36N4O4. The Morgan fingerprint density at radius 2 is 2.06 bits per heavy atom. The molecule has 1 aliphatic carbocycles. The monoisotopic (exact) mass is 468 g/mol. The van der Waals surface area contributed by atoms with Gasteiger partial charge in [0.1, 0.15) is 18.5 Å². The second-order valence-electron chi connectivity index (χ2n) is 9.71. The molecule has 2 heterocycles.